The molecule has 1 saturated heterocycles. The van der Waals surface area contributed by atoms with E-state index in [2.05, 4.69) is 26.0 Å². The third-order valence-corrected chi connectivity index (χ3v) is 6.73. The third kappa shape index (κ3) is 7.21. The van der Waals surface area contributed by atoms with E-state index in [1.165, 1.54) is 7.11 Å². The standard InChI is InChI=1S/C23H20BrIN2O7S/c1-3-33-17-9-13(8-16(25)21(17)34-12-20(29)32-2)10-18-22(30)27(23(31)35-18)11-19(28)26-15-6-4-14(24)5-7-15/h4-10H,3,11-12H2,1-2H3,(H,26,28)/b18-10+. The smallest absolute Gasteiger partial charge is 0.343 e. The molecule has 0 atom stereocenters. The summed E-state index contributed by atoms with van der Waals surface area (Å²) in [6.45, 7) is 1.46. The Labute approximate surface area is 227 Å². The van der Waals surface area contributed by atoms with Crippen LogP contribution in [-0.2, 0) is 19.1 Å². The van der Waals surface area contributed by atoms with Gasteiger partial charge in [-0.05, 0) is 89.3 Å². The van der Waals surface area contributed by atoms with E-state index in [1.54, 1.807) is 49.4 Å². The molecule has 0 saturated carbocycles. The zero-order valence-corrected chi connectivity index (χ0v) is 23.2. The Morgan fingerprint density at radius 1 is 1.17 bits per heavy atom. The van der Waals surface area contributed by atoms with E-state index >= 15 is 0 Å². The quantitative estimate of drug-likeness (QED) is 0.232. The summed E-state index contributed by atoms with van der Waals surface area (Å²) in [6.07, 6.45) is 1.55. The molecule has 2 aromatic rings. The number of ether oxygens (including phenoxy) is 3. The molecule has 1 N–H and O–H groups in total. The molecule has 0 unspecified atom stereocenters. The van der Waals surface area contributed by atoms with E-state index in [-0.39, 0.29) is 11.5 Å². The van der Waals surface area contributed by atoms with Crippen LogP contribution in [0, 0.1) is 3.57 Å². The molecule has 1 aliphatic rings. The lowest BCUT2D eigenvalue weighted by atomic mass is 10.2. The molecule has 12 heteroatoms. The summed E-state index contributed by atoms with van der Waals surface area (Å²) in [5.74, 6) is -0.846. The van der Waals surface area contributed by atoms with Crippen LogP contribution >= 0.6 is 50.3 Å². The number of hydrogen-bond acceptors (Lipinski definition) is 8. The van der Waals surface area contributed by atoms with Crippen LogP contribution in [0.3, 0.4) is 0 Å². The van der Waals surface area contributed by atoms with Crippen molar-refractivity contribution in [2.45, 2.75) is 6.92 Å². The number of imide groups is 1. The molecule has 0 aliphatic carbocycles. The predicted octanol–water partition coefficient (Wildman–Crippen LogP) is 4.68. The Morgan fingerprint density at radius 3 is 2.54 bits per heavy atom. The molecule has 3 amide bonds. The van der Waals surface area contributed by atoms with Gasteiger partial charge in [0.05, 0.1) is 22.2 Å². The van der Waals surface area contributed by atoms with Gasteiger partial charge in [-0.1, -0.05) is 15.9 Å². The molecule has 2 aromatic carbocycles. The van der Waals surface area contributed by atoms with E-state index < -0.39 is 29.6 Å². The molecule has 3 rings (SSSR count). The van der Waals surface area contributed by atoms with E-state index in [4.69, 9.17) is 9.47 Å². The van der Waals surface area contributed by atoms with Crippen molar-refractivity contribution in [3.63, 3.8) is 0 Å². The first-order valence-electron chi connectivity index (χ1n) is 10.2. The molecule has 1 fully saturated rings. The molecular formula is C23H20BrIN2O7S. The van der Waals surface area contributed by atoms with E-state index in [0.29, 0.717) is 32.9 Å². The maximum absolute atomic E-state index is 12.8. The third-order valence-electron chi connectivity index (χ3n) is 4.49. The molecule has 35 heavy (non-hydrogen) atoms. The minimum Gasteiger partial charge on any atom is -0.490 e. The van der Waals surface area contributed by atoms with Crippen LogP contribution in [-0.4, -0.2) is 54.8 Å². The number of rotatable bonds is 9. The maximum atomic E-state index is 12.8. The Kier molecular flexibility index (Phi) is 9.57. The highest BCUT2D eigenvalue weighted by atomic mass is 127. The zero-order chi connectivity index (χ0) is 25.5. The second-order valence-electron chi connectivity index (χ2n) is 6.95. The van der Waals surface area contributed by atoms with Crippen LogP contribution in [0.5, 0.6) is 11.5 Å². The van der Waals surface area contributed by atoms with Crippen molar-refractivity contribution < 1.29 is 33.4 Å². The van der Waals surface area contributed by atoms with Crippen molar-refractivity contribution in [2.24, 2.45) is 0 Å². The number of amides is 3. The molecule has 1 heterocycles. The monoisotopic (exact) mass is 674 g/mol. The van der Waals surface area contributed by atoms with Crippen LogP contribution < -0.4 is 14.8 Å². The second-order valence-corrected chi connectivity index (χ2v) is 10.0. The van der Waals surface area contributed by atoms with E-state index in [9.17, 15) is 19.2 Å². The molecular weight excluding hydrogens is 655 g/mol. The number of nitrogens with one attached hydrogen (secondary N) is 1. The molecule has 0 bridgehead atoms. The van der Waals surface area contributed by atoms with Gasteiger partial charge in [-0.3, -0.25) is 19.3 Å². The summed E-state index contributed by atoms with van der Waals surface area (Å²) >= 11 is 6.09. The summed E-state index contributed by atoms with van der Waals surface area (Å²) in [7, 11) is 1.26. The van der Waals surface area contributed by atoms with Gasteiger partial charge in [0.1, 0.15) is 6.54 Å². The summed E-state index contributed by atoms with van der Waals surface area (Å²) in [5.41, 5.74) is 1.14. The minimum atomic E-state index is -0.565. The molecule has 1 aliphatic heterocycles. The van der Waals surface area contributed by atoms with Gasteiger partial charge < -0.3 is 19.5 Å². The maximum Gasteiger partial charge on any atom is 0.343 e. The van der Waals surface area contributed by atoms with Crippen LogP contribution in [0.25, 0.3) is 6.08 Å². The molecule has 0 aromatic heterocycles. The van der Waals surface area contributed by atoms with E-state index in [1.807, 2.05) is 22.6 Å². The highest BCUT2D eigenvalue weighted by molar-refractivity contribution is 14.1. The number of carbonyl (C=O) groups excluding carboxylic acids is 4. The fourth-order valence-corrected chi connectivity index (χ4v) is 4.81. The topological polar surface area (TPSA) is 111 Å². The van der Waals surface area contributed by atoms with Gasteiger partial charge in [0, 0.05) is 10.2 Å². The Hall–Kier alpha value is -2.58. The normalized spacial score (nSPS) is 14.3. The number of carbonyl (C=O) groups is 4. The van der Waals surface area contributed by atoms with Gasteiger partial charge in [-0.2, -0.15) is 0 Å². The van der Waals surface area contributed by atoms with Gasteiger partial charge in [0.25, 0.3) is 11.1 Å². The number of halogens is 2. The zero-order valence-electron chi connectivity index (χ0n) is 18.6. The van der Waals surface area contributed by atoms with Crippen LogP contribution in [0.15, 0.2) is 45.8 Å². The van der Waals surface area contributed by atoms with Gasteiger partial charge in [-0.15, -0.1) is 0 Å². The Bertz CT molecular complexity index is 1190. The lowest BCUT2D eigenvalue weighted by Crippen LogP contribution is -2.36. The van der Waals surface area contributed by atoms with Gasteiger partial charge in [0.2, 0.25) is 5.91 Å². The molecule has 9 nitrogen and oxygen atoms in total. The minimum absolute atomic E-state index is 0.174. The van der Waals surface area contributed by atoms with Gasteiger partial charge in [0.15, 0.2) is 18.1 Å². The Balaban J connectivity index is 1.75. The Morgan fingerprint density at radius 2 is 1.89 bits per heavy atom. The van der Waals surface area contributed by atoms with Crippen molar-refractivity contribution in [3.05, 3.63) is 54.9 Å². The van der Waals surface area contributed by atoms with Gasteiger partial charge >= 0.3 is 5.97 Å². The number of benzene rings is 2. The predicted molar refractivity (Wildman–Crippen MR) is 143 cm³/mol. The fourth-order valence-electron chi connectivity index (χ4n) is 2.93. The summed E-state index contributed by atoms with van der Waals surface area (Å²) in [5, 5.41) is 2.12. The number of anilines is 1. The first-order chi connectivity index (χ1) is 16.7. The molecule has 0 spiro atoms. The average Bonchev–Trinajstić information content (AvgIpc) is 3.07. The van der Waals surface area contributed by atoms with Crippen molar-refractivity contribution in [2.75, 3.05) is 32.2 Å². The highest BCUT2D eigenvalue weighted by Crippen LogP contribution is 2.37. The van der Waals surface area contributed by atoms with Crippen LogP contribution in [0.1, 0.15) is 12.5 Å². The lowest BCUT2D eigenvalue weighted by molar-refractivity contribution is -0.143. The highest BCUT2D eigenvalue weighted by Gasteiger charge is 2.36. The number of methoxy groups -OCH3 is 1. The van der Waals surface area contributed by atoms with Crippen molar-refractivity contribution in [3.8, 4) is 11.5 Å². The summed E-state index contributed by atoms with van der Waals surface area (Å²) < 4.78 is 17.3. The van der Waals surface area contributed by atoms with Gasteiger partial charge in [-0.25, -0.2) is 4.79 Å². The molecule has 0 radical (unpaired) electrons. The first kappa shape index (κ1) is 27.0. The lowest BCUT2D eigenvalue weighted by Gasteiger charge is -2.14. The number of thioether (sulfide) groups is 1. The van der Waals surface area contributed by atoms with Crippen molar-refractivity contribution in [1.29, 1.82) is 0 Å². The molecule has 184 valence electrons. The largest absolute Gasteiger partial charge is 0.490 e. The van der Waals surface area contributed by atoms with Crippen LogP contribution in [0.4, 0.5) is 10.5 Å². The van der Waals surface area contributed by atoms with Crippen molar-refractivity contribution >= 4 is 85.1 Å². The average molecular weight is 675 g/mol. The first-order valence-corrected chi connectivity index (χ1v) is 12.9. The number of esters is 1. The SMILES string of the molecule is CCOc1cc(/C=C2/SC(=O)N(CC(=O)Nc3ccc(Br)cc3)C2=O)cc(I)c1OCC(=O)OC. The van der Waals surface area contributed by atoms with Crippen LogP contribution in [0.2, 0.25) is 0 Å². The number of nitrogens with zero attached hydrogens (tertiary/aromatic N) is 1. The summed E-state index contributed by atoms with van der Waals surface area (Å²) in [4.78, 5) is 50.2. The second kappa shape index (κ2) is 12.4. The summed E-state index contributed by atoms with van der Waals surface area (Å²) in [6, 6.07) is 10.3. The fraction of sp³-hybridized carbons (Fsp3) is 0.217. The van der Waals surface area contributed by atoms with E-state index in [0.717, 1.165) is 21.1 Å². The number of hydrogen-bond donors (Lipinski definition) is 1. The van der Waals surface area contributed by atoms with Crippen molar-refractivity contribution in [1.82, 2.24) is 4.90 Å².